The Bertz CT molecular complexity index is 515. The van der Waals surface area contributed by atoms with Crippen LogP contribution < -0.4 is 5.32 Å². The predicted octanol–water partition coefficient (Wildman–Crippen LogP) is 1.78. The Labute approximate surface area is 120 Å². The second kappa shape index (κ2) is 4.88. The molecule has 1 aliphatic carbocycles. The van der Waals surface area contributed by atoms with Gasteiger partial charge in [0.2, 0.25) is 5.91 Å². The van der Waals surface area contributed by atoms with Gasteiger partial charge >= 0.3 is 0 Å². The summed E-state index contributed by atoms with van der Waals surface area (Å²) in [6.07, 6.45) is 3.31. The lowest BCUT2D eigenvalue weighted by Crippen LogP contribution is -2.36. The normalized spacial score (nSPS) is 32.0. The second-order valence-electron chi connectivity index (χ2n) is 6.57. The number of hydrogen-bond acceptors (Lipinski definition) is 2. The summed E-state index contributed by atoms with van der Waals surface area (Å²) in [5, 5.41) is 3.44. The van der Waals surface area contributed by atoms with Crippen LogP contribution in [-0.4, -0.2) is 37.0 Å². The van der Waals surface area contributed by atoms with Crippen molar-refractivity contribution in [1.29, 1.82) is 0 Å². The fourth-order valence-corrected chi connectivity index (χ4v) is 4.27. The van der Waals surface area contributed by atoms with Crippen LogP contribution in [0, 0.1) is 11.8 Å². The number of nitrogens with zero attached hydrogens (tertiary/aromatic N) is 1. The number of carbonyl (C=O) groups excluding carboxylic acids is 1. The van der Waals surface area contributed by atoms with Crippen molar-refractivity contribution < 1.29 is 4.79 Å². The minimum absolute atomic E-state index is 0.117. The van der Waals surface area contributed by atoms with Crippen LogP contribution in [-0.2, 0) is 11.2 Å². The molecule has 0 bridgehead atoms. The maximum Gasteiger partial charge on any atom is 0.230 e. The Morgan fingerprint density at radius 2 is 1.90 bits per heavy atom. The smallest absolute Gasteiger partial charge is 0.230 e. The van der Waals surface area contributed by atoms with Crippen LogP contribution in [0.3, 0.4) is 0 Å². The van der Waals surface area contributed by atoms with E-state index in [4.69, 9.17) is 0 Å². The lowest BCUT2D eigenvalue weighted by atomic mass is 9.82. The van der Waals surface area contributed by atoms with Gasteiger partial charge in [0.05, 0.1) is 5.92 Å². The van der Waals surface area contributed by atoms with Crippen LogP contribution in [0.5, 0.6) is 0 Å². The van der Waals surface area contributed by atoms with Crippen molar-refractivity contribution in [1.82, 2.24) is 10.2 Å². The highest BCUT2D eigenvalue weighted by Gasteiger charge is 2.40. The lowest BCUT2D eigenvalue weighted by molar-refractivity contribution is -0.132. The van der Waals surface area contributed by atoms with Gasteiger partial charge in [-0.2, -0.15) is 0 Å². The Morgan fingerprint density at radius 1 is 1.15 bits per heavy atom. The van der Waals surface area contributed by atoms with Gasteiger partial charge in [0.25, 0.3) is 0 Å². The van der Waals surface area contributed by atoms with Crippen LogP contribution in [0.15, 0.2) is 24.3 Å². The number of amides is 1. The number of likely N-dealkylation sites (tertiary alicyclic amines) is 1. The van der Waals surface area contributed by atoms with Crippen molar-refractivity contribution >= 4 is 5.91 Å². The summed E-state index contributed by atoms with van der Waals surface area (Å²) in [6.45, 7) is 4.12. The predicted molar refractivity (Wildman–Crippen MR) is 78.6 cm³/mol. The van der Waals surface area contributed by atoms with Gasteiger partial charge in [0.15, 0.2) is 0 Å². The molecule has 20 heavy (non-hydrogen) atoms. The third-order valence-corrected chi connectivity index (χ3v) is 5.37. The molecular formula is C17H22N2O. The molecule has 1 aromatic carbocycles. The van der Waals surface area contributed by atoms with Gasteiger partial charge in [-0.1, -0.05) is 24.3 Å². The van der Waals surface area contributed by atoms with Gasteiger partial charge < -0.3 is 10.2 Å². The molecule has 0 saturated carbocycles. The van der Waals surface area contributed by atoms with E-state index in [-0.39, 0.29) is 5.92 Å². The SMILES string of the molecule is O=C(C1CCCc2ccccc21)N1CC2CNCC2C1. The zero-order valence-electron chi connectivity index (χ0n) is 11.8. The number of nitrogens with one attached hydrogen (secondary N) is 1. The molecule has 1 N–H and O–H groups in total. The topological polar surface area (TPSA) is 32.3 Å². The summed E-state index contributed by atoms with van der Waals surface area (Å²) >= 11 is 0. The van der Waals surface area contributed by atoms with Crippen molar-refractivity contribution in [3.8, 4) is 0 Å². The van der Waals surface area contributed by atoms with Crippen molar-refractivity contribution in [2.24, 2.45) is 11.8 Å². The van der Waals surface area contributed by atoms with Gasteiger partial charge in [-0.15, -0.1) is 0 Å². The molecule has 3 atom stereocenters. The van der Waals surface area contributed by atoms with E-state index in [0.29, 0.717) is 17.7 Å². The summed E-state index contributed by atoms with van der Waals surface area (Å²) in [7, 11) is 0. The molecular weight excluding hydrogens is 248 g/mol. The molecule has 0 aromatic heterocycles. The van der Waals surface area contributed by atoms with Crippen molar-refractivity contribution in [2.45, 2.75) is 25.2 Å². The van der Waals surface area contributed by atoms with Crippen LogP contribution >= 0.6 is 0 Å². The molecule has 3 unspecified atom stereocenters. The third kappa shape index (κ3) is 1.96. The first kappa shape index (κ1) is 12.4. The first-order valence-corrected chi connectivity index (χ1v) is 7.90. The van der Waals surface area contributed by atoms with E-state index in [2.05, 4.69) is 34.5 Å². The standard InChI is InChI=1S/C17H22N2O/c20-17(19-10-13-8-18-9-14(13)11-19)16-7-3-5-12-4-1-2-6-15(12)16/h1-2,4,6,13-14,16,18H,3,5,7-11H2. The fraction of sp³-hybridized carbons (Fsp3) is 0.588. The van der Waals surface area contributed by atoms with Crippen molar-refractivity contribution in [3.63, 3.8) is 0 Å². The number of hydrogen-bond donors (Lipinski definition) is 1. The summed E-state index contributed by atoms with van der Waals surface area (Å²) in [4.78, 5) is 15.0. The van der Waals surface area contributed by atoms with Gasteiger partial charge in [-0.05, 0) is 42.2 Å². The van der Waals surface area contributed by atoms with Crippen LogP contribution in [0.25, 0.3) is 0 Å². The monoisotopic (exact) mass is 270 g/mol. The molecule has 0 radical (unpaired) electrons. The number of benzene rings is 1. The molecule has 2 heterocycles. The highest BCUT2D eigenvalue weighted by Crippen LogP contribution is 2.35. The number of fused-ring (bicyclic) bond motifs is 2. The minimum Gasteiger partial charge on any atom is -0.341 e. The van der Waals surface area contributed by atoms with E-state index in [1.807, 2.05) is 0 Å². The molecule has 106 valence electrons. The average molecular weight is 270 g/mol. The number of rotatable bonds is 1. The minimum atomic E-state index is 0.117. The molecule has 0 spiro atoms. The van der Waals surface area contributed by atoms with Crippen molar-refractivity contribution in [3.05, 3.63) is 35.4 Å². The Morgan fingerprint density at radius 3 is 2.70 bits per heavy atom. The molecule has 2 aliphatic heterocycles. The van der Waals surface area contributed by atoms with Crippen LogP contribution in [0.1, 0.15) is 29.9 Å². The van der Waals surface area contributed by atoms with E-state index in [1.54, 1.807) is 0 Å². The molecule has 1 aromatic rings. The summed E-state index contributed by atoms with van der Waals surface area (Å²) < 4.78 is 0. The van der Waals surface area contributed by atoms with Gasteiger partial charge in [0, 0.05) is 26.2 Å². The number of carbonyl (C=O) groups is 1. The maximum atomic E-state index is 12.9. The summed E-state index contributed by atoms with van der Waals surface area (Å²) in [6, 6.07) is 8.53. The molecule has 3 heteroatoms. The first-order chi connectivity index (χ1) is 9.83. The lowest BCUT2D eigenvalue weighted by Gasteiger charge is -2.29. The zero-order valence-corrected chi connectivity index (χ0v) is 11.8. The summed E-state index contributed by atoms with van der Waals surface area (Å²) in [5.41, 5.74) is 2.68. The third-order valence-electron chi connectivity index (χ3n) is 5.37. The van der Waals surface area contributed by atoms with Crippen LogP contribution in [0.2, 0.25) is 0 Å². The van der Waals surface area contributed by atoms with Crippen LogP contribution in [0.4, 0.5) is 0 Å². The molecule has 2 fully saturated rings. The Hall–Kier alpha value is -1.35. The Kier molecular flexibility index (Phi) is 3.03. The molecule has 3 aliphatic rings. The average Bonchev–Trinajstić information content (AvgIpc) is 3.07. The van der Waals surface area contributed by atoms with Gasteiger partial charge in [-0.25, -0.2) is 0 Å². The Balaban J connectivity index is 1.55. The first-order valence-electron chi connectivity index (χ1n) is 7.90. The second-order valence-corrected chi connectivity index (χ2v) is 6.57. The van der Waals surface area contributed by atoms with E-state index in [0.717, 1.165) is 45.4 Å². The van der Waals surface area contributed by atoms with E-state index < -0.39 is 0 Å². The van der Waals surface area contributed by atoms with E-state index in [9.17, 15) is 4.79 Å². The molecule has 4 rings (SSSR count). The fourth-order valence-electron chi connectivity index (χ4n) is 4.27. The number of aryl methyl sites for hydroxylation is 1. The highest BCUT2D eigenvalue weighted by atomic mass is 16.2. The maximum absolute atomic E-state index is 12.9. The quantitative estimate of drug-likeness (QED) is 0.844. The highest BCUT2D eigenvalue weighted by molar-refractivity contribution is 5.84. The molecule has 1 amide bonds. The van der Waals surface area contributed by atoms with Gasteiger partial charge in [0.1, 0.15) is 0 Å². The summed E-state index contributed by atoms with van der Waals surface area (Å²) in [5.74, 6) is 1.88. The van der Waals surface area contributed by atoms with E-state index >= 15 is 0 Å². The van der Waals surface area contributed by atoms with E-state index in [1.165, 1.54) is 11.1 Å². The van der Waals surface area contributed by atoms with Gasteiger partial charge in [-0.3, -0.25) is 4.79 Å². The zero-order chi connectivity index (χ0) is 13.5. The molecule has 3 nitrogen and oxygen atoms in total. The largest absolute Gasteiger partial charge is 0.341 e. The molecule has 2 saturated heterocycles. The van der Waals surface area contributed by atoms with Crippen molar-refractivity contribution in [2.75, 3.05) is 26.2 Å².